The fourth-order valence-corrected chi connectivity index (χ4v) is 5.36. The highest BCUT2D eigenvalue weighted by Crippen LogP contribution is 2.31. The van der Waals surface area contributed by atoms with Gasteiger partial charge in [-0.25, -0.2) is 9.97 Å². The van der Waals surface area contributed by atoms with Gasteiger partial charge in [-0.15, -0.1) is 0 Å². The third-order valence-corrected chi connectivity index (χ3v) is 7.35. The van der Waals surface area contributed by atoms with E-state index in [2.05, 4.69) is 20.6 Å². The molecule has 9 nitrogen and oxygen atoms in total. The molecule has 0 spiro atoms. The molecule has 3 heterocycles. The monoisotopic (exact) mass is 512 g/mol. The van der Waals surface area contributed by atoms with Crippen LogP contribution in [0.5, 0.6) is 0 Å². The number of imidazole rings is 1. The molecule has 1 aliphatic rings. The van der Waals surface area contributed by atoms with Crippen molar-refractivity contribution in [2.45, 2.75) is 18.9 Å². The molecule has 2 amide bonds. The topological polar surface area (TPSA) is 101 Å². The van der Waals surface area contributed by atoms with Crippen LogP contribution in [-0.4, -0.2) is 64.1 Å². The summed E-state index contributed by atoms with van der Waals surface area (Å²) in [4.78, 5) is 36.2. The molecule has 4 aromatic rings. The van der Waals surface area contributed by atoms with Gasteiger partial charge in [0.05, 0.1) is 33.9 Å². The highest BCUT2D eigenvalue weighted by Gasteiger charge is 2.23. The SMILES string of the molecule is COC1CCCN(C(=O)CNC(=O)c2ccc3c(c2)nc(Nc2nc4ccc(Cl)cc4s2)n3C)C1. The summed E-state index contributed by atoms with van der Waals surface area (Å²) in [5.74, 6) is 0.182. The molecule has 0 bridgehead atoms. The molecule has 1 unspecified atom stereocenters. The number of halogens is 1. The number of hydrogen-bond acceptors (Lipinski definition) is 7. The van der Waals surface area contributed by atoms with Crippen molar-refractivity contribution in [2.75, 3.05) is 32.1 Å². The fourth-order valence-electron chi connectivity index (χ4n) is 4.23. The van der Waals surface area contributed by atoms with Crippen molar-refractivity contribution in [1.29, 1.82) is 0 Å². The van der Waals surface area contributed by atoms with Crippen molar-refractivity contribution >= 4 is 67.1 Å². The van der Waals surface area contributed by atoms with E-state index in [1.807, 2.05) is 35.9 Å². The van der Waals surface area contributed by atoms with E-state index in [4.69, 9.17) is 16.3 Å². The third kappa shape index (κ3) is 4.95. The van der Waals surface area contributed by atoms with Crippen LogP contribution in [0.2, 0.25) is 5.02 Å². The van der Waals surface area contributed by atoms with Gasteiger partial charge in [0, 0.05) is 37.8 Å². The van der Waals surface area contributed by atoms with Gasteiger partial charge in [-0.2, -0.15) is 0 Å². The van der Waals surface area contributed by atoms with Crippen LogP contribution in [0.25, 0.3) is 21.3 Å². The maximum atomic E-state index is 12.7. The predicted octanol–water partition coefficient (Wildman–Crippen LogP) is 3.95. The number of anilines is 2. The molecule has 182 valence electrons. The van der Waals surface area contributed by atoms with E-state index in [0.29, 0.717) is 40.3 Å². The van der Waals surface area contributed by atoms with Crippen molar-refractivity contribution in [3.8, 4) is 0 Å². The first-order valence-corrected chi connectivity index (χ1v) is 12.5. The van der Waals surface area contributed by atoms with Crippen molar-refractivity contribution in [1.82, 2.24) is 24.8 Å². The Hall–Kier alpha value is -3.21. The molecular formula is C24H25ClN6O3S. The summed E-state index contributed by atoms with van der Waals surface area (Å²) in [5, 5.41) is 7.36. The lowest BCUT2D eigenvalue weighted by atomic mass is 10.1. The smallest absolute Gasteiger partial charge is 0.251 e. The van der Waals surface area contributed by atoms with Crippen LogP contribution in [0.3, 0.4) is 0 Å². The largest absolute Gasteiger partial charge is 0.380 e. The fraction of sp³-hybridized carbons (Fsp3) is 0.333. The Morgan fingerprint density at radius 1 is 1.20 bits per heavy atom. The number of fused-ring (bicyclic) bond motifs is 2. The lowest BCUT2D eigenvalue weighted by Gasteiger charge is -2.32. The first kappa shape index (κ1) is 23.5. The Balaban J connectivity index is 1.27. The lowest BCUT2D eigenvalue weighted by Crippen LogP contribution is -2.47. The number of benzene rings is 2. The first-order chi connectivity index (χ1) is 16.9. The van der Waals surface area contributed by atoms with Crippen molar-refractivity contribution in [3.63, 3.8) is 0 Å². The molecule has 1 fully saturated rings. The van der Waals surface area contributed by atoms with Crippen LogP contribution in [0, 0.1) is 0 Å². The summed E-state index contributed by atoms with van der Waals surface area (Å²) in [6, 6.07) is 10.9. The van der Waals surface area contributed by atoms with Crippen LogP contribution in [0.1, 0.15) is 23.2 Å². The van der Waals surface area contributed by atoms with E-state index in [1.165, 1.54) is 11.3 Å². The van der Waals surface area contributed by atoms with Crippen molar-refractivity contribution in [3.05, 3.63) is 47.0 Å². The quantitative estimate of drug-likeness (QED) is 0.405. The van der Waals surface area contributed by atoms with Crippen LogP contribution >= 0.6 is 22.9 Å². The zero-order valence-electron chi connectivity index (χ0n) is 19.4. The van der Waals surface area contributed by atoms with Crippen molar-refractivity contribution < 1.29 is 14.3 Å². The number of methoxy groups -OCH3 is 1. The van der Waals surface area contributed by atoms with Gasteiger partial charge in [-0.05, 0) is 49.2 Å². The second-order valence-corrected chi connectivity index (χ2v) is 9.94. The number of thiazole rings is 1. The summed E-state index contributed by atoms with van der Waals surface area (Å²) >= 11 is 7.57. The van der Waals surface area contributed by atoms with Gasteiger partial charge in [-0.1, -0.05) is 22.9 Å². The van der Waals surface area contributed by atoms with Crippen LogP contribution in [-0.2, 0) is 16.6 Å². The Morgan fingerprint density at radius 3 is 2.89 bits per heavy atom. The number of ether oxygens (including phenoxy) is 1. The Kier molecular flexibility index (Phi) is 6.59. The van der Waals surface area contributed by atoms with E-state index < -0.39 is 0 Å². The molecule has 2 aromatic heterocycles. The average Bonchev–Trinajstić information content (AvgIpc) is 3.41. The molecule has 0 radical (unpaired) electrons. The lowest BCUT2D eigenvalue weighted by molar-refractivity contribution is -0.133. The van der Waals surface area contributed by atoms with E-state index >= 15 is 0 Å². The molecule has 1 atom stereocenters. The maximum Gasteiger partial charge on any atom is 0.251 e. The molecule has 1 saturated heterocycles. The normalized spacial score (nSPS) is 16.1. The van der Waals surface area contributed by atoms with Crippen LogP contribution in [0.4, 0.5) is 11.1 Å². The van der Waals surface area contributed by atoms with E-state index in [9.17, 15) is 9.59 Å². The van der Waals surface area contributed by atoms with Gasteiger partial charge in [0.15, 0.2) is 5.13 Å². The molecule has 5 rings (SSSR count). The Bertz CT molecular complexity index is 1420. The molecule has 11 heteroatoms. The van der Waals surface area contributed by atoms with Gasteiger partial charge in [0.25, 0.3) is 5.91 Å². The number of carbonyl (C=O) groups is 2. The summed E-state index contributed by atoms with van der Waals surface area (Å²) in [7, 11) is 3.55. The van der Waals surface area contributed by atoms with Gasteiger partial charge in [-0.3, -0.25) is 9.59 Å². The zero-order chi connectivity index (χ0) is 24.5. The second kappa shape index (κ2) is 9.80. The number of nitrogens with one attached hydrogen (secondary N) is 2. The summed E-state index contributed by atoms with van der Waals surface area (Å²) < 4.78 is 8.26. The minimum Gasteiger partial charge on any atom is -0.380 e. The van der Waals surface area contributed by atoms with Gasteiger partial charge < -0.3 is 24.8 Å². The summed E-state index contributed by atoms with van der Waals surface area (Å²) in [6.45, 7) is 1.19. The molecule has 2 N–H and O–H groups in total. The number of rotatable bonds is 6. The minimum atomic E-state index is -0.316. The Morgan fingerprint density at radius 2 is 2.06 bits per heavy atom. The summed E-state index contributed by atoms with van der Waals surface area (Å²) in [6.07, 6.45) is 1.90. The molecule has 1 aliphatic heterocycles. The summed E-state index contributed by atoms with van der Waals surface area (Å²) in [5.41, 5.74) is 2.83. The van der Waals surface area contributed by atoms with E-state index in [-0.39, 0.29) is 24.5 Å². The maximum absolute atomic E-state index is 12.7. The first-order valence-electron chi connectivity index (χ1n) is 11.3. The second-order valence-electron chi connectivity index (χ2n) is 8.48. The number of aromatic nitrogens is 3. The molecule has 35 heavy (non-hydrogen) atoms. The molecule has 2 aromatic carbocycles. The van der Waals surface area contributed by atoms with Crippen LogP contribution in [0.15, 0.2) is 36.4 Å². The number of amides is 2. The molecule has 0 saturated carbocycles. The van der Waals surface area contributed by atoms with Gasteiger partial charge in [0.2, 0.25) is 11.9 Å². The predicted molar refractivity (Wildman–Crippen MR) is 138 cm³/mol. The third-order valence-electron chi connectivity index (χ3n) is 6.18. The zero-order valence-corrected chi connectivity index (χ0v) is 20.9. The number of likely N-dealkylation sites (tertiary alicyclic amines) is 1. The highest BCUT2D eigenvalue weighted by molar-refractivity contribution is 7.22. The Labute approximate surface area is 211 Å². The number of carbonyl (C=O) groups excluding carboxylic acids is 2. The van der Waals surface area contributed by atoms with E-state index in [0.717, 1.165) is 28.6 Å². The van der Waals surface area contributed by atoms with Crippen LogP contribution < -0.4 is 10.6 Å². The van der Waals surface area contributed by atoms with Gasteiger partial charge in [0.1, 0.15) is 0 Å². The number of nitrogens with zero attached hydrogens (tertiary/aromatic N) is 4. The van der Waals surface area contributed by atoms with Crippen molar-refractivity contribution in [2.24, 2.45) is 7.05 Å². The standard InChI is InChI=1S/C24H25ClN6O3S/c1-30-19-8-5-14(22(33)26-12-21(32)31-9-3-4-16(13-31)34-2)10-18(19)27-23(30)29-24-28-17-7-6-15(25)11-20(17)35-24/h5-8,10-11,16H,3-4,9,12-13H2,1-2H3,(H,26,33)(H,27,28,29). The number of piperidine rings is 1. The molecule has 0 aliphatic carbocycles. The minimum absolute atomic E-state index is 0.0516. The number of hydrogen-bond donors (Lipinski definition) is 2. The highest BCUT2D eigenvalue weighted by atomic mass is 35.5. The average molecular weight is 513 g/mol. The molecular weight excluding hydrogens is 488 g/mol. The van der Waals surface area contributed by atoms with E-state index in [1.54, 1.807) is 24.1 Å². The van der Waals surface area contributed by atoms with Gasteiger partial charge >= 0.3 is 0 Å². The number of aryl methyl sites for hydroxylation is 1.